The molecule has 4 nitrogen and oxygen atoms in total. The summed E-state index contributed by atoms with van der Waals surface area (Å²) < 4.78 is 51.8. The summed E-state index contributed by atoms with van der Waals surface area (Å²) in [4.78, 5) is -0.713. The van der Waals surface area contributed by atoms with E-state index >= 15 is 0 Å². The quantitative estimate of drug-likeness (QED) is 0.633. The fourth-order valence-electron chi connectivity index (χ4n) is 1.10. The predicted octanol–water partition coefficient (Wildman–Crippen LogP) is 1.35. The Balaban J connectivity index is 3.03. The molecular formula is C9H11BrF2N2O2S. The molecule has 0 aliphatic rings. The zero-order chi connectivity index (χ0) is 13.1. The average molecular weight is 329 g/mol. The fourth-order valence-corrected chi connectivity index (χ4v) is 2.55. The fraction of sp³-hybridized carbons (Fsp3) is 0.333. The van der Waals surface area contributed by atoms with E-state index in [0.717, 1.165) is 6.07 Å². The minimum Gasteiger partial charge on any atom is -0.330 e. The SMILES string of the molecule is NCCCNS(=O)(=O)c1cc(F)c(Br)cc1F. The third kappa shape index (κ3) is 3.70. The highest BCUT2D eigenvalue weighted by Gasteiger charge is 2.20. The Bertz CT molecular complexity index is 508. The monoisotopic (exact) mass is 328 g/mol. The lowest BCUT2D eigenvalue weighted by molar-refractivity contribution is 0.542. The van der Waals surface area contributed by atoms with Gasteiger partial charge in [-0.1, -0.05) is 0 Å². The van der Waals surface area contributed by atoms with Crippen LogP contribution in [0.2, 0.25) is 0 Å². The molecule has 0 saturated carbocycles. The van der Waals surface area contributed by atoms with Gasteiger partial charge in [0.1, 0.15) is 16.5 Å². The van der Waals surface area contributed by atoms with Crippen LogP contribution in [0.15, 0.2) is 21.5 Å². The summed E-state index contributed by atoms with van der Waals surface area (Å²) in [5, 5.41) is 0. The first-order chi connectivity index (χ1) is 7.88. The summed E-state index contributed by atoms with van der Waals surface area (Å²) in [6.07, 6.45) is 0.417. The molecule has 0 spiro atoms. The lowest BCUT2D eigenvalue weighted by Crippen LogP contribution is -2.27. The van der Waals surface area contributed by atoms with Crippen molar-refractivity contribution < 1.29 is 17.2 Å². The van der Waals surface area contributed by atoms with E-state index in [2.05, 4.69) is 20.7 Å². The molecule has 0 aliphatic carbocycles. The first kappa shape index (κ1) is 14.5. The van der Waals surface area contributed by atoms with Crippen molar-refractivity contribution in [2.24, 2.45) is 5.73 Å². The summed E-state index contributed by atoms with van der Waals surface area (Å²) in [5.74, 6) is -1.86. The lowest BCUT2D eigenvalue weighted by Gasteiger charge is -2.07. The van der Waals surface area contributed by atoms with Gasteiger partial charge in [0.15, 0.2) is 0 Å². The molecule has 1 aromatic carbocycles. The molecule has 0 radical (unpaired) electrons. The number of sulfonamides is 1. The van der Waals surface area contributed by atoms with E-state index in [4.69, 9.17) is 5.73 Å². The van der Waals surface area contributed by atoms with Gasteiger partial charge in [0.25, 0.3) is 0 Å². The van der Waals surface area contributed by atoms with Gasteiger partial charge in [-0.05, 0) is 41.0 Å². The minimum atomic E-state index is -4.04. The van der Waals surface area contributed by atoms with Gasteiger partial charge >= 0.3 is 0 Å². The van der Waals surface area contributed by atoms with E-state index in [-0.39, 0.29) is 11.0 Å². The van der Waals surface area contributed by atoms with Crippen LogP contribution in [0.4, 0.5) is 8.78 Å². The Labute approximate surface area is 106 Å². The van der Waals surface area contributed by atoms with Crippen LogP contribution >= 0.6 is 15.9 Å². The molecule has 0 fully saturated rings. The van der Waals surface area contributed by atoms with Gasteiger partial charge < -0.3 is 5.73 Å². The van der Waals surface area contributed by atoms with Crippen LogP contribution in [0.3, 0.4) is 0 Å². The number of rotatable bonds is 5. The van der Waals surface area contributed by atoms with E-state index in [0.29, 0.717) is 19.0 Å². The Morgan fingerprint density at radius 2 is 1.94 bits per heavy atom. The number of benzene rings is 1. The van der Waals surface area contributed by atoms with Crippen LogP contribution in [-0.4, -0.2) is 21.5 Å². The first-order valence-electron chi connectivity index (χ1n) is 4.73. The minimum absolute atomic E-state index is 0.0793. The molecule has 96 valence electrons. The second-order valence-electron chi connectivity index (χ2n) is 3.24. The van der Waals surface area contributed by atoms with Crippen molar-refractivity contribution in [2.45, 2.75) is 11.3 Å². The Kier molecular flexibility index (Phi) is 4.99. The largest absolute Gasteiger partial charge is 0.330 e. The van der Waals surface area contributed by atoms with Crippen LogP contribution in [0.5, 0.6) is 0 Å². The summed E-state index contributed by atoms with van der Waals surface area (Å²) in [7, 11) is -4.04. The van der Waals surface area contributed by atoms with Crippen LogP contribution < -0.4 is 10.5 Å². The highest BCUT2D eigenvalue weighted by Crippen LogP contribution is 2.22. The lowest BCUT2D eigenvalue weighted by atomic mass is 10.3. The maximum atomic E-state index is 13.4. The molecule has 0 atom stereocenters. The van der Waals surface area contributed by atoms with E-state index in [9.17, 15) is 17.2 Å². The molecule has 17 heavy (non-hydrogen) atoms. The molecular weight excluding hydrogens is 318 g/mol. The van der Waals surface area contributed by atoms with E-state index in [1.807, 2.05) is 0 Å². The maximum Gasteiger partial charge on any atom is 0.243 e. The standard InChI is InChI=1S/C9H11BrF2N2O2S/c10-6-4-8(12)9(5-7(6)11)17(15,16)14-3-1-2-13/h4-5,14H,1-3,13H2. The van der Waals surface area contributed by atoms with Gasteiger partial charge in [0.2, 0.25) is 10.0 Å². The average Bonchev–Trinajstić information content (AvgIpc) is 2.23. The summed E-state index contributed by atoms with van der Waals surface area (Å²) >= 11 is 2.76. The third-order valence-electron chi connectivity index (χ3n) is 1.94. The molecule has 0 amide bonds. The van der Waals surface area contributed by atoms with E-state index < -0.39 is 26.6 Å². The molecule has 0 heterocycles. The van der Waals surface area contributed by atoms with Gasteiger partial charge in [-0.15, -0.1) is 0 Å². The van der Waals surface area contributed by atoms with Crippen molar-refractivity contribution in [2.75, 3.05) is 13.1 Å². The topological polar surface area (TPSA) is 72.2 Å². The molecule has 0 bridgehead atoms. The number of nitrogens with one attached hydrogen (secondary N) is 1. The number of halogens is 3. The van der Waals surface area contributed by atoms with Crippen molar-refractivity contribution in [3.8, 4) is 0 Å². The zero-order valence-electron chi connectivity index (χ0n) is 8.71. The van der Waals surface area contributed by atoms with Crippen molar-refractivity contribution in [1.82, 2.24) is 4.72 Å². The second-order valence-corrected chi connectivity index (χ2v) is 5.83. The Morgan fingerprint density at radius 1 is 1.29 bits per heavy atom. The van der Waals surface area contributed by atoms with Crippen molar-refractivity contribution in [1.29, 1.82) is 0 Å². The van der Waals surface area contributed by atoms with Crippen LogP contribution in [0, 0.1) is 11.6 Å². The maximum absolute atomic E-state index is 13.4. The first-order valence-corrected chi connectivity index (χ1v) is 7.00. The van der Waals surface area contributed by atoms with E-state index in [1.165, 1.54) is 0 Å². The third-order valence-corrected chi connectivity index (χ3v) is 4.02. The van der Waals surface area contributed by atoms with Crippen molar-refractivity contribution >= 4 is 26.0 Å². The smallest absolute Gasteiger partial charge is 0.243 e. The number of hydrogen-bond donors (Lipinski definition) is 2. The summed E-state index contributed by atoms with van der Waals surface area (Å²) in [6.45, 7) is 0.385. The van der Waals surface area contributed by atoms with Crippen molar-refractivity contribution in [3.63, 3.8) is 0 Å². The second kappa shape index (κ2) is 5.85. The molecule has 0 aromatic heterocycles. The van der Waals surface area contributed by atoms with Crippen LogP contribution in [0.25, 0.3) is 0 Å². The normalized spacial score (nSPS) is 11.8. The molecule has 1 aromatic rings. The zero-order valence-corrected chi connectivity index (χ0v) is 11.1. The molecule has 0 saturated heterocycles. The van der Waals surface area contributed by atoms with Gasteiger partial charge in [0, 0.05) is 6.54 Å². The highest BCUT2D eigenvalue weighted by molar-refractivity contribution is 9.10. The molecule has 0 unspecified atom stereocenters. The van der Waals surface area contributed by atoms with Crippen LogP contribution in [-0.2, 0) is 10.0 Å². The van der Waals surface area contributed by atoms with E-state index in [1.54, 1.807) is 0 Å². The summed E-state index contributed by atoms with van der Waals surface area (Å²) in [6, 6.07) is 1.40. The van der Waals surface area contributed by atoms with Gasteiger partial charge in [0.05, 0.1) is 4.47 Å². The molecule has 8 heteroatoms. The Hall–Kier alpha value is -0.570. The van der Waals surface area contributed by atoms with Gasteiger partial charge in [-0.3, -0.25) is 0 Å². The van der Waals surface area contributed by atoms with Gasteiger partial charge in [-0.25, -0.2) is 21.9 Å². The number of hydrogen-bond acceptors (Lipinski definition) is 3. The number of nitrogens with two attached hydrogens (primary N) is 1. The highest BCUT2D eigenvalue weighted by atomic mass is 79.9. The molecule has 1 rings (SSSR count). The van der Waals surface area contributed by atoms with Crippen LogP contribution in [0.1, 0.15) is 6.42 Å². The Morgan fingerprint density at radius 3 is 2.53 bits per heavy atom. The van der Waals surface area contributed by atoms with Crippen molar-refractivity contribution in [3.05, 3.63) is 28.2 Å². The van der Waals surface area contributed by atoms with Gasteiger partial charge in [-0.2, -0.15) is 0 Å². The summed E-state index contributed by atoms with van der Waals surface area (Å²) in [5.41, 5.74) is 5.20. The molecule has 0 aliphatic heterocycles. The molecule has 3 N–H and O–H groups in total. The predicted molar refractivity (Wildman–Crippen MR) is 62.9 cm³/mol.